The standard InChI is InChI=1S/C12H21N3O/c1-12(2,3)6-11(16)8-14-7-10-4-5-13-9-15-10/h4-5,9,11,14,16H,6-8H2,1-3H3. The average molecular weight is 223 g/mol. The number of aliphatic hydroxyl groups is 1. The lowest BCUT2D eigenvalue weighted by molar-refractivity contribution is 0.119. The average Bonchev–Trinajstić information content (AvgIpc) is 2.16. The monoisotopic (exact) mass is 223 g/mol. The van der Waals surface area contributed by atoms with E-state index in [0.717, 1.165) is 12.1 Å². The Bertz CT molecular complexity index is 295. The minimum Gasteiger partial charge on any atom is -0.392 e. The number of aliphatic hydroxyl groups excluding tert-OH is 1. The van der Waals surface area contributed by atoms with Crippen molar-refractivity contribution in [2.75, 3.05) is 6.54 Å². The number of hydrogen-bond acceptors (Lipinski definition) is 4. The zero-order chi connectivity index (χ0) is 12.0. The molecule has 2 N–H and O–H groups in total. The van der Waals surface area contributed by atoms with E-state index in [1.807, 2.05) is 6.07 Å². The molecule has 0 saturated heterocycles. The molecule has 0 aromatic carbocycles. The Morgan fingerprint density at radius 1 is 1.44 bits per heavy atom. The molecule has 0 radical (unpaired) electrons. The first-order valence-corrected chi connectivity index (χ1v) is 5.61. The summed E-state index contributed by atoms with van der Waals surface area (Å²) in [6.45, 7) is 7.65. The van der Waals surface area contributed by atoms with Gasteiger partial charge in [-0.05, 0) is 17.9 Å². The molecule has 1 heterocycles. The van der Waals surface area contributed by atoms with Crippen LogP contribution in [-0.2, 0) is 6.54 Å². The van der Waals surface area contributed by atoms with Gasteiger partial charge in [-0.25, -0.2) is 9.97 Å². The van der Waals surface area contributed by atoms with Crippen LogP contribution in [0.5, 0.6) is 0 Å². The second kappa shape index (κ2) is 5.92. The molecule has 1 rings (SSSR count). The molecular weight excluding hydrogens is 202 g/mol. The molecule has 90 valence electrons. The van der Waals surface area contributed by atoms with E-state index in [2.05, 4.69) is 36.1 Å². The number of nitrogens with one attached hydrogen (secondary N) is 1. The summed E-state index contributed by atoms with van der Waals surface area (Å²) < 4.78 is 0. The largest absolute Gasteiger partial charge is 0.392 e. The van der Waals surface area contributed by atoms with Crippen molar-refractivity contribution in [2.45, 2.75) is 39.8 Å². The minimum absolute atomic E-state index is 0.163. The molecular formula is C12H21N3O. The van der Waals surface area contributed by atoms with Crippen LogP contribution in [0.2, 0.25) is 0 Å². The highest BCUT2D eigenvalue weighted by Gasteiger charge is 2.16. The van der Waals surface area contributed by atoms with E-state index in [0.29, 0.717) is 13.1 Å². The van der Waals surface area contributed by atoms with Gasteiger partial charge in [-0.1, -0.05) is 20.8 Å². The van der Waals surface area contributed by atoms with Crippen LogP contribution in [0.3, 0.4) is 0 Å². The van der Waals surface area contributed by atoms with Crippen LogP contribution in [0.15, 0.2) is 18.6 Å². The quantitative estimate of drug-likeness (QED) is 0.791. The molecule has 0 aliphatic heterocycles. The molecule has 0 aliphatic rings. The Hall–Kier alpha value is -1.00. The van der Waals surface area contributed by atoms with Crippen molar-refractivity contribution < 1.29 is 5.11 Å². The molecule has 0 aliphatic carbocycles. The van der Waals surface area contributed by atoms with E-state index >= 15 is 0 Å². The fourth-order valence-electron chi connectivity index (χ4n) is 1.57. The van der Waals surface area contributed by atoms with Gasteiger partial charge in [0.25, 0.3) is 0 Å². The molecule has 0 bridgehead atoms. The molecule has 0 amide bonds. The summed E-state index contributed by atoms with van der Waals surface area (Å²) in [5, 5.41) is 13.0. The Morgan fingerprint density at radius 3 is 2.75 bits per heavy atom. The number of nitrogens with zero attached hydrogens (tertiary/aromatic N) is 2. The first-order valence-electron chi connectivity index (χ1n) is 5.61. The van der Waals surface area contributed by atoms with E-state index in [9.17, 15) is 5.11 Å². The molecule has 1 aromatic rings. The fourth-order valence-corrected chi connectivity index (χ4v) is 1.57. The molecule has 0 spiro atoms. The summed E-state index contributed by atoms with van der Waals surface area (Å²) in [7, 11) is 0. The highest BCUT2D eigenvalue weighted by molar-refractivity contribution is 4.96. The van der Waals surface area contributed by atoms with Crippen LogP contribution in [0, 0.1) is 5.41 Å². The topological polar surface area (TPSA) is 58.0 Å². The van der Waals surface area contributed by atoms with Crippen molar-refractivity contribution in [3.8, 4) is 0 Å². The lowest BCUT2D eigenvalue weighted by atomic mass is 9.89. The maximum atomic E-state index is 9.77. The van der Waals surface area contributed by atoms with E-state index in [4.69, 9.17) is 0 Å². The maximum Gasteiger partial charge on any atom is 0.115 e. The predicted octanol–water partition coefficient (Wildman–Crippen LogP) is 1.36. The number of rotatable bonds is 5. The smallest absolute Gasteiger partial charge is 0.115 e. The highest BCUT2D eigenvalue weighted by Crippen LogP contribution is 2.20. The first kappa shape index (κ1) is 13.1. The van der Waals surface area contributed by atoms with Crippen molar-refractivity contribution in [1.82, 2.24) is 15.3 Å². The summed E-state index contributed by atoms with van der Waals surface area (Å²) in [6, 6.07) is 1.86. The summed E-state index contributed by atoms with van der Waals surface area (Å²) in [5.41, 5.74) is 1.11. The van der Waals surface area contributed by atoms with Crippen molar-refractivity contribution >= 4 is 0 Å². The van der Waals surface area contributed by atoms with Gasteiger partial charge in [0.2, 0.25) is 0 Å². The van der Waals surface area contributed by atoms with Crippen LogP contribution >= 0.6 is 0 Å². The van der Waals surface area contributed by atoms with E-state index in [1.54, 1.807) is 6.20 Å². The molecule has 16 heavy (non-hydrogen) atoms. The molecule has 1 atom stereocenters. The van der Waals surface area contributed by atoms with Gasteiger partial charge in [-0.3, -0.25) is 0 Å². The summed E-state index contributed by atoms with van der Waals surface area (Å²) in [4.78, 5) is 7.94. The summed E-state index contributed by atoms with van der Waals surface area (Å²) in [5.74, 6) is 0. The third kappa shape index (κ3) is 5.78. The van der Waals surface area contributed by atoms with Gasteiger partial charge in [0, 0.05) is 19.3 Å². The van der Waals surface area contributed by atoms with Crippen LogP contribution in [0.4, 0.5) is 0 Å². The Morgan fingerprint density at radius 2 is 2.19 bits per heavy atom. The molecule has 0 saturated carbocycles. The van der Waals surface area contributed by atoms with E-state index in [1.165, 1.54) is 6.33 Å². The maximum absolute atomic E-state index is 9.77. The molecule has 1 aromatic heterocycles. The van der Waals surface area contributed by atoms with E-state index < -0.39 is 0 Å². The zero-order valence-corrected chi connectivity index (χ0v) is 10.3. The number of aromatic nitrogens is 2. The normalized spacial score (nSPS) is 13.8. The summed E-state index contributed by atoms with van der Waals surface area (Å²) in [6.07, 6.45) is 3.74. The highest BCUT2D eigenvalue weighted by atomic mass is 16.3. The molecule has 4 heteroatoms. The van der Waals surface area contributed by atoms with Crippen LogP contribution < -0.4 is 5.32 Å². The van der Waals surface area contributed by atoms with Gasteiger partial charge >= 0.3 is 0 Å². The third-order valence-electron chi connectivity index (χ3n) is 2.18. The second-order valence-corrected chi connectivity index (χ2v) is 5.25. The Kier molecular flexibility index (Phi) is 4.83. The van der Waals surface area contributed by atoms with Gasteiger partial charge in [-0.2, -0.15) is 0 Å². The SMILES string of the molecule is CC(C)(C)CC(O)CNCc1ccncn1. The van der Waals surface area contributed by atoms with Crippen LogP contribution in [0.25, 0.3) is 0 Å². The molecule has 4 nitrogen and oxygen atoms in total. The third-order valence-corrected chi connectivity index (χ3v) is 2.18. The van der Waals surface area contributed by atoms with Gasteiger partial charge in [-0.15, -0.1) is 0 Å². The number of hydrogen-bond donors (Lipinski definition) is 2. The van der Waals surface area contributed by atoms with Crippen LogP contribution in [-0.4, -0.2) is 27.7 Å². The van der Waals surface area contributed by atoms with Gasteiger partial charge < -0.3 is 10.4 Å². The van der Waals surface area contributed by atoms with Crippen molar-refractivity contribution in [3.05, 3.63) is 24.3 Å². The summed E-state index contributed by atoms with van der Waals surface area (Å²) >= 11 is 0. The zero-order valence-electron chi connectivity index (χ0n) is 10.3. The lowest BCUT2D eigenvalue weighted by Gasteiger charge is -2.22. The van der Waals surface area contributed by atoms with Gasteiger partial charge in [0.15, 0.2) is 0 Å². The first-order chi connectivity index (χ1) is 7.47. The molecule has 0 fully saturated rings. The Balaban J connectivity index is 2.21. The van der Waals surface area contributed by atoms with Crippen molar-refractivity contribution in [2.24, 2.45) is 5.41 Å². The molecule has 1 unspecified atom stereocenters. The predicted molar refractivity (Wildman–Crippen MR) is 63.8 cm³/mol. The van der Waals surface area contributed by atoms with Gasteiger partial charge in [0.1, 0.15) is 6.33 Å². The second-order valence-electron chi connectivity index (χ2n) is 5.25. The lowest BCUT2D eigenvalue weighted by Crippen LogP contribution is -2.30. The minimum atomic E-state index is -0.304. The van der Waals surface area contributed by atoms with E-state index in [-0.39, 0.29) is 11.5 Å². The van der Waals surface area contributed by atoms with Gasteiger partial charge in [0.05, 0.1) is 11.8 Å². The van der Waals surface area contributed by atoms with Crippen molar-refractivity contribution in [1.29, 1.82) is 0 Å². The van der Waals surface area contributed by atoms with Crippen LogP contribution in [0.1, 0.15) is 32.9 Å². The van der Waals surface area contributed by atoms with Crippen molar-refractivity contribution in [3.63, 3.8) is 0 Å². The Labute approximate surface area is 97.1 Å². The fraction of sp³-hybridized carbons (Fsp3) is 0.667.